The first kappa shape index (κ1) is 10.3. The summed E-state index contributed by atoms with van der Waals surface area (Å²) < 4.78 is 6.33. The molecule has 16 heavy (non-hydrogen) atoms. The highest BCUT2D eigenvalue weighted by Gasteiger charge is 2.09. The molecular formula is C10H11N3O3. The number of nitrogens with two attached hydrogens (primary N) is 2. The third-order valence-corrected chi connectivity index (χ3v) is 2.27. The minimum absolute atomic E-state index is 0.0866. The maximum Gasteiger partial charge on any atom is 0.419 e. The van der Waals surface area contributed by atoms with E-state index in [0.29, 0.717) is 16.8 Å². The topological polar surface area (TPSA) is 104 Å². The molecule has 1 amide bonds. The van der Waals surface area contributed by atoms with Crippen LogP contribution in [0.15, 0.2) is 27.4 Å². The molecule has 0 saturated heterocycles. The largest absolute Gasteiger partial charge is 0.419 e. The predicted molar refractivity (Wildman–Crippen MR) is 58.7 cm³/mol. The molecule has 2 aromatic rings. The monoisotopic (exact) mass is 221 g/mol. The summed E-state index contributed by atoms with van der Waals surface area (Å²) in [6, 6.07) is 4.89. The zero-order chi connectivity index (χ0) is 11.7. The number of fused-ring (bicyclic) bond motifs is 1. The van der Waals surface area contributed by atoms with Crippen LogP contribution in [0.3, 0.4) is 0 Å². The predicted octanol–water partition coefficient (Wildman–Crippen LogP) is 0.0521. The number of primary amides is 1. The number of hydrogen-bond acceptors (Lipinski definition) is 4. The molecule has 0 bridgehead atoms. The number of nitrogen functional groups attached to an aromatic ring is 1. The number of aryl methyl sites for hydroxylation is 1. The average molecular weight is 221 g/mol. The second kappa shape index (κ2) is 3.73. The second-order valence-corrected chi connectivity index (χ2v) is 3.46. The van der Waals surface area contributed by atoms with Crippen molar-refractivity contribution in [3.05, 3.63) is 28.7 Å². The molecule has 0 aliphatic carbocycles. The summed E-state index contributed by atoms with van der Waals surface area (Å²) >= 11 is 0. The van der Waals surface area contributed by atoms with Crippen LogP contribution in [-0.4, -0.2) is 10.5 Å². The lowest BCUT2D eigenvalue weighted by Gasteiger charge is -1.99. The highest BCUT2D eigenvalue weighted by atomic mass is 16.4. The van der Waals surface area contributed by atoms with Crippen LogP contribution in [0.1, 0.15) is 6.42 Å². The molecule has 1 aromatic heterocycles. The van der Waals surface area contributed by atoms with Crippen molar-refractivity contribution >= 4 is 22.7 Å². The van der Waals surface area contributed by atoms with Crippen molar-refractivity contribution in [2.24, 2.45) is 5.73 Å². The van der Waals surface area contributed by atoms with E-state index in [1.807, 2.05) is 0 Å². The number of carbonyl (C=O) groups is 1. The van der Waals surface area contributed by atoms with Crippen molar-refractivity contribution in [3.8, 4) is 0 Å². The molecule has 0 atom stereocenters. The van der Waals surface area contributed by atoms with Gasteiger partial charge in [-0.05, 0) is 18.2 Å². The summed E-state index contributed by atoms with van der Waals surface area (Å²) in [6.07, 6.45) is 0.0866. The number of amides is 1. The Morgan fingerprint density at radius 2 is 2.19 bits per heavy atom. The molecule has 0 radical (unpaired) electrons. The van der Waals surface area contributed by atoms with Crippen molar-refractivity contribution in [2.75, 3.05) is 5.73 Å². The van der Waals surface area contributed by atoms with Gasteiger partial charge < -0.3 is 15.9 Å². The molecule has 0 aliphatic heterocycles. The molecular weight excluding hydrogens is 210 g/mol. The molecule has 0 aliphatic rings. The number of carbonyl (C=O) groups excluding carboxylic acids is 1. The van der Waals surface area contributed by atoms with Crippen molar-refractivity contribution in [2.45, 2.75) is 13.0 Å². The van der Waals surface area contributed by atoms with E-state index in [0.717, 1.165) is 0 Å². The zero-order valence-electron chi connectivity index (χ0n) is 8.47. The lowest BCUT2D eigenvalue weighted by atomic mass is 10.3. The molecule has 2 rings (SSSR count). The molecule has 1 heterocycles. The first-order valence-corrected chi connectivity index (χ1v) is 4.75. The summed E-state index contributed by atoms with van der Waals surface area (Å²) in [5.41, 5.74) is 12.2. The van der Waals surface area contributed by atoms with E-state index in [9.17, 15) is 9.59 Å². The molecule has 0 saturated carbocycles. The maximum atomic E-state index is 11.5. The van der Waals surface area contributed by atoms with Crippen LogP contribution in [0.5, 0.6) is 0 Å². The number of benzene rings is 1. The van der Waals surface area contributed by atoms with Gasteiger partial charge >= 0.3 is 5.76 Å². The lowest BCUT2D eigenvalue weighted by Crippen LogP contribution is -2.19. The van der Waals surface area contributed by atoms with Crippen LogP contribution in [0, 0.1) is 0 Å². The summed E-state index contributed by atoms with van der Waals surface area (Å²) in [6.45, 7) is 0.199. The summed E-state index contributed by atoms with van der Waals surface area (Å²) in [5.74, 6) is -0.980. The zero-order valence-corrected chi connectivity index (χ0v) is 8.47. The van der Waals surface area contributed by atoms with Crippen LogP contribution < -0.4 is 17.2 Å². The standard InChI is InChI=1S/C10H11N3O3/c11-6-1-2-8-7(5-6)13(10(15)16-8)4-3-9(12)14/h1-2,5H,3-4,11H2,(H2,12,14). The van der Waals surface area contributed by atoms with Gasteiger partial charge in [-0.3, -0.25) is 9.36 Å². The van der Waals surface area contributed by atoms with Gasteiger partial charge in [0.15, 0.2) is 5.58 Å². The van der Waals surface area contributed by atoms with Crippen molar-refractivity contribution in [3.63, 3.8) is 0 Å². The highest BCUT2D eigenvalue weighted by Crippen LogP contribution is 2.16. The molecule has 0 fully saturated rings. The van der Waals surface area contributed by atoms with Crippen LogP contribution in [0.2, 0.25) is 0 Å². The number of anilines is 1. The van der Waals surface area contributed by atoms with Crippen molar-refractivity contribution in [1.29, 1.82) is 0 Å². The number of nitrogens with zero attached hydrogens (tertiary/aromatic N) is 1. The third kappa shape index (κ3) is 1.77. The summed E-state index contributed by atoms with van der Waals surface area (Å²) in [5, 5.41) is 0. The van der Waals surface area contributed by atoms with Gasteiger partial charge in [-0.25, -0.2) is 4.79 Å². The Kier molecular flexibility index (Phi) is 2.40. The average Bonchev–Trinajstić information content (AvgIpc) is 2.51. The van der Waals surface area contributed by atoms with E-state index < -0.39 is 11.7 Å². The molecule has 6 heteroatoms. The van der Waals surface area contributed by atoms with E-state index in [-0.39, 0.29) is 13.0 Å². The van der Waals surface area contributed by atoms with E-state index in [1.54, 1.807) is 18.2 Å². The fourth-order valence-electron chi connectivity index (χ4n) is 1.51. The Hall–Kier alpha value is -2.24. The Labute approximate surface area is 90.4 Å². The number of rotatable bonds is 3. The second-order valence-electron chi connectivity index (χ2n) is 3.46. The van der Waals surface area contributed by atoms with Gasteiger partial charge in [0.2, 0.25) is 5.91 Å². The van der Waals surface area contributed by atoms with Gasteiger partial charge in [0.1, 0.15) is 0 Å². The van der Waals surface area contributed by atoms with E-state index in [4.69, 9.17) is 15.9 Å². The Morgan fingerprint density at radius 1 is 1.44 bits per heavy atom. The first-order valence-electron chi connectivity index (χ1n) is 4.75. The van der Waals surface area contributed by atoms with Gasteiger partial charge in [0.05, 0.1) is 5.52 Å². The van der Waals surface area contributed by atoms with Gasteiger partial charge in [-0.1, -0.05) is 0 Å². The quantitative estimate of drug-likeness (QED) is 0.714. The fraction of sp³-hybridized carbons (Fsp3) is 0.200. The van der Waals surface area contributed by atoms with Crippen LogP contribution in [-0.2, 0) is 11.3 Å². The summed E-state index contributed by atoms with van der Waals surface area (Å²) in [4.78, 5) is 22.1. The van der Waals surface area contributed by atoms with Crippen molar-refractivity contribution < 1.29 is 9.21 Å². The minimum atomic E-state index is -0.512. The third-order valence-electron chi connectivity index (χ3n) is 2.27. The molecule has 84 valence electrons. The van der Waals surface area contributed by atoms with E-state index in [2.05, 4.69) is 0 Å². The van der Waals surface area contributed by atoms with E-state index >= 15 is 0 Å². The van der Waals surface area contributed by atoms with Crippen LogP contribution in [0.25, 0.3) is 11.1 Å². The molecule has 6 nitrogen and oxygen atoms in total. The Morgan fingerprint density at radius 3 is 2.88 bits per heavy atom. The smallest absolute Gasteiger partial charge is 0.408 e. The fourth-order valence-corrected chi connectivity index (χ4v) is 1.51. The van der Waals surface area contributed by atoms with Crippen molar-refractivity contribution in [1.82, 2.24) is 4.57 Å². The number of hydrogen-bond donors (Lipinski definition) is 2. The van der Waals surface area contributed by atoms with Gasteiger partial charge in [0.25, 0.3) is 0 Å². The van der Waals surface area contributed by atoms with E-state index in [1.165, 1.54) is 4.57 Å². The molecule has 1 aromatic carbocycles. The first-order chi connectivity index (χ1) is 7.58. The molecule has 4 N–H and O–H groups in total. The highest BCUT2D eigenvalue weighted by molar-refractivity contribution is 5.77. The van der Waals surface area contributed by atoms with Gasteiger partial charge in [-0.2, -0.15) is 0 Å². The molecule has 0 unspecified atom stereocenters. The van der Waals surface area contributed by atoms with Crippen LogP contribution in [0.4, 0.5) is 5.69 Å². The van der Waals surface area contributed by atoms with Gasteiger partial charge in [0, 0.05) is 18.7 Å². The minimum Gasteiger partial charge on any atom is -0.408 e. The Bertz CT molecular complexity index is 597. The lowest BCUT2D eigenvalue weighted by molar-refractivity contribution is -0.118. The number of oxazole rings is 1. The number of aromatic nitrogens is 1. The Balaban J connectivity index is 2.50. The molecule has 0 spiro atoms. The normalized spacial score (nSPS) is 10.8. The summed E-state index contributed by atoms with van der Waals surface area (Å²) in [7, 11) is 0. The SMILES string of the molecule is NC(=O)CCn1c(=O)oc2ccc(N)cc21. The maximum absolute atomic E-state index is 11.5. The van der Waals surface area contributed by atoms with Gasteiger partial charge in [-0.15, -0.1) is 0 Å². The van der Waals surface area contributed by atoms with Crippen LogP contribution >= 0.6 is 0 Å².